The lowest BCUT2D eigenvalue weighted by Crippen LogP contribution is -2.34. The Balaban J connectivity index is 1.51. The predicted molar refractivity (Wildman–Crippen MR) is 173 cm³/mol. The normalized spacial score (nSPS) is 18.0. The molecule has 0 bridgehead atoms. The molecule has 0 fully saturated rings. The van der Waals surface area contributed by atoms with Crippen molar-refractivity contribution in [2.45, 2.75) is 96.8 Å². The van der Waals surface area contributed by atoms with E-state index in [-0.39, 0.29) is 21.7 Å². The Labute approximate surface area is 242 Å². The zero-order valence-corrected chi connectivity index (χ0v) is 25.9. The third kappa shape index (κ3) is 4.21. The molecule has 0 aromatic heterocycles. The van der Waals surface area contributed by atoms with Crippen LogP contribution in [0.25, 0.3) is 22.3 Å². The molecule has 2 aliphatic rings. The average molecular weight is 528 g/mol. The summed E-state index contributed by atoms with van der Waals surface area (Å²) in [5.74, 6) is 0. The van der Waals surface area contributed by atoms with Gasteiger partial charge < -0.3 is 5.32 Å². The molecule has 0 amide bonds. The lowest BCUT2D eigenvalue weighted by atomic mass is 9.62. The van der Waals surface area contributed by atoms with Crippen LogP contribution in [0.15, 0.2) is 78.9 Å². The Bertz CT molecular complexity index is 1610. The van der Waals surface area contributed by atoms with Crippen LogP contribution in [0.2, 0.25) is 0 Å². The maximum atomic E-state index is 3.94. The highest BCUT2D eigenvalue weighted by atomic mass is 14.9. The summed E-state index contributed by atoms with van der Waals surface area (Å²) in [5, 5.41) is 3.94. The van der Waals surface area contributed by atoms with Gasteiger partial charge in [-0.3, -0.25) is 0 Å². The highest BCUT2D eigenvalue weighted by molar-refractivity contribution is 5.90. The van der Waals surface area contributed by atoms with Crippen LogP contribution in [0.1, 0.15) is 103 Å². The molecule has 1 heteroatoms. The van der Waals surface area contributed by atoms with Gasteiger partial charge in [0.2, 0.25) is 0 Å². The van der Waals surface area contributed by atoms with Gasteiger partial charge in [-0.05, 0) is 97.9 Å². The van der Waals surface area contributed by atoms with Crippen LogP contribution in [0.5, 0.6) is 0 Å². The van der Waals surface area contributed by atoms with Crippen molar-refractivity contribution in [2.75, 3.05) is 5.32 Å². The molecular formula is C39H45N. The van der Waals surface area contributed by atoms with Crippen LogP contribution in [-0.2, 0) is 21.7 Å². The summed E-state index contributed by atoms with van der Waals surface area (Å²) in [5.41, 5.74) is 15.3. The minimum Gasteiger partial charge on any atom is -0.355 e. The molecule has 4 aromatic carbocycles. The Hall–Kier alpha value is -3.32. The second kappa shape index (κ2) is 8.84. The Kier molecular flexibility index (Phi) is 5.94. The van der Waals surface area contributed by atoms with E-state index in [4.69, 9.17) is 0 Å². The quantitative estimate of drug-likeness (QED) is 0.279. The van der Waals surface area contributed by atoms with E-state index in [9.17, 15) is 0 Å². The summed E-state index contributed by atoms with van der Waals surface area (Å²) in [4.78, 5) is 0. The molecule has 4 aromatic rings. The number of nitrogens with one attached hydrogen (secondary N) is 1. The Morgan fingerprint density at radius 1 is 0.575 bits per heavy atom. The van der Waals surface area contributed by atoms with Crippen molar-refractivity contribution in [2.24, 2.45) is 0 Å². The van der Waals surface area contributed by atoms with Gasteiger partial charge in [0, 0.05) is 22.4 Å². The first-order valence-electron chi connectivity index (χ1n) is 15.0. The Morgan fingerprint density at radius 3 is 1.88 bits per heavy atom. The maximum Gasteiger partial charge on any atom is 0.0464 e. The van der Waals surface area contributed by atoms with E-state index in [1.54, 1.807) is 5.56 Å². The summed E-state index contributed by atoms with van der Waals surface area (Å²) in [6, 6.07) is 29.7. The smallest absolute Gasteiger partial charge is 0.0464 e. The molecular weight excluding hydrogens is 482 g/mol. The molecule has 2 aliphatic carbocycles. The van der Waals surface area contributed by atoms with Crippen molar-refractivity contribution in [1.82, 2.24) is 0 Å². The molecule has 0 atom stereocenters. The first kappa shape index (κ1) is 26.9. The zero-order chi connectivity index (χ0) is 28.7. The first-order chi connectivity index (χ1) is 18.7. The molecule has 1 N–H and O–H groups in total. The number of hydrogen-bond donors (Lipinski definition) is 1. The van der Waals surface area contributed by atoms with Gasteiger partial charge in [-0.1, -0.05) is 117 Å². The van der Waals surface area contributed by atoms with Gasteiger partial charge >= 0.3 is 0 Å². The molecule has 206 valence electrons. The van der Waals surface area contributed by atoms with E-state index in [0.717, 1.165) is 5.69 Å². The number of anilines is 2. The number of rotatable bonds is 3. The zero-order valence-electron chi connectivity index (χ0n) is 25.9. The van der Waals surface area contributed by atoms with Crippen molar-refractivity contribution >= 4 is 11.4 Å². The minimum atomic E-state index is -0.0980. The fourth-order valence-electron chi connectivity index (χ4n) is 7.16. The molecule has 0 aliphatic heterocycles. The summed E-state index contributed by atoms with van der Waals surface area (Å²) in [6.07, 6.45) is 2.47. The van der Waals surface area contributed by atoms with Crippen molar-refractivity contribution < 1.29 is 0 Å². The van der Waals surface area contributed by atoms with E-state index < -0.39 is 0 Å². The molecule has 0 saturated carbocycles. The largest absolute Gasteiger partial charge is 0.355 e. The van der Waals surface area contributed by atoms with Crippen LogP contribution in [0.4, 0.5) is 11.4 Å². The minimum absolute atomic E-state index is 0.0837. The second-order valence-electron chi connectivity index (χ2n) is 15.1. The summed E-state index contributed by atoms with van der Waals surface area (Å²) >= 11 is 0. The number of hydrogen-bond acceptors (Lipinski definition) is 1. The molecule has 0 spiro atoms. The van der Waals surface area contributed by atoms with Crippen molar-refractivity contribution in [1.29, 1.82) is 0 Å². The molecule has 40 heavy (non-hydrogen) atoms. The maximum absolute atomic E-state index is 3.94. The van der Waals surface area contributed by atoms with E-state index in [1.165, 1.54) is 63.0 Å². The first-order valence-corrected chi connectivity index (χ1v) is 15.0. The second-order valence-corrected chi connectivity index (χ2v) is 15.1. The van der Waals surface area contributed by atoms with Gasteiger partial charge in [-0.2, -0.15) is 0 Å². The van der Waals surface area contributed by atoms with Crippen molar-refractivity contribution in [3.63, 3.8) is 0 Å². The molecule has 0 saturated heterocycles. The van der Waals surface area contributed by atoms with E-state index in [2.05, 4.69) is 146 Å². The fourth-order valence-corrected chi connectivity index (χ4v) is 7.16. The van der Waals surface area contributed by atoms with Gasteiger partial charge in [0.1, 0.15) is 0 Å². The highest BCUT2D eigenvalue weighted by Gasteiger charge is 2.43. The van der Waals surface area contributed by atoms with Crippen molar-refractivity contribution in [3.05, 3.63) is 107 Å². The fraction of sp³-hybridized carbons (Fsp3) is 0.385. The Morgan fingerprint density at radius 2 is 1.23 bits per heavy atom. The lowest BCUT2D eigenvalue weighted by molar-refractivity contribution is 0.331. The van der Waals surface area contributed by atoms with E-state index in [1.807, 2.05) is 0 Å². The van der Waals surface area contributed by atoms with Gasteiger partial charge in [0.15, 0.2) is 0 Å². The molecule has 1 nitrogen and oxygen atoms in total. The molecule has 6 rings (SSSR count). The third-order valence-electron chi connectivity index (χ3n) is 9.88. The number of fused-ring (bicyclic) bond motifs is 4. The van der Waals surface area contributed by atoms with Gasteiger partial charge in [-0.15, -0.1) is 0 Å². The monoisotopic (exact) mass is 527 g/mol. The summed E-state index contributed by atoms with van der Waals surface area (Å²) < 4.78 is 0. The average Bonchev–Trinajstić information content (AvgIpc) is 3.13. The number of benzene rings is 4. The third-order valence-corrected chi connectivity index (χ3v) is 9.88. The highest BCUT2D eigenvalue weighted by Crippen LogP contribution is 2.56. The molecule has 0 unspecified atom stereocenters. The van der Waals surface area contributed by atoms with Gasteiger partial charge in [-0.25, -0.2) is 0 Å². The standard InChI is InChI=1S/C39H45N/c1-36(2,3)26-18-19-33(28(22-26)25-14-11-10-12-15-25)40-34-17-13-16-27-29-23-31-32(24-30(29)39(8,9)35(27)34)38(6,7)21-20-37(31,4)5/h10-19,22-24,40H,20-21H2,1-9H3. The molecule has 0 heterocycles. The van der Waals surface area contributed by atoms with Crippen LogP contribution < -0.4 is 5.32 Å². The summed E-state index contributed by atoms with van der Waals surface area (Å²) in [6.45, 7) is 21.4. The van der Waals surface area contributed by atoms with E-state index >= 15 is 0 Å². The van der Waals surface area contributed by atoms with Crippen LogP contribution in [0.3, 0.4) is 0 Å². The van der Waals surface area contributed by atoms with E-state index in [0.29, 0.717) is 0 Å². The topological polar surface area (TPSA) is 12.0 Å². The van der Waals surface area contributed by atoms with Gasteiger partial charge in [0.05, 0.1) is 0 Å². The molecule has 0 radical (unpaired) electrons. The lowest BCUT2D eigenvalue weighted by Gasteiger charge is -2.42. The van der Waals surface area contributed by atoms with Crippen LogP contribution in [0, 0.1) is 0 Å². The van der Waals surface area contributed by atoms with Crippen LogP contribution >= 0.6 is 0 Å². The van der Waals surface area contributed by atoms with Crippen molar-refractivity contribution in [3.8, 4) is 22.3 Å². The SMILES string of the molecule is CC(C)(C)c1ccc(Nc2cccc3c2C(C)(C)c2cc4c(cc2-3)C(C)(C)CCC4(C)C)c(-c2ccccc2)c1. The summed E-state index contributed by atoms with van der Waals surface area (Å²) in [7, 11) is 0. The van der Waals surface area contributed by atoms with Gasteiger partial charge in [0.25, 0.3) is 0 Å². The van der Waals surface area contributed by atoms with Crippen LogP contribution in [-0.4, -0.2) is 0 Å². The predicted octanol–water partition coefficient (Wildman–Crippen LogP) is 11.0.